The Kier molecular flexibility index (Phi) is 5.48. The van der Waals surface area contributed by atoms with E-state index in [0.29, 0.717) is 12.0 Å². The molecule has 18 heavy (non-hydrogen) atoms. The third-order valence-electron chi connectivity index (χ3n) is 3.67. The van der Waals surface area contributed by atoms with E-state index in [1.807, 2.05) is 12.1 Å². The van der Waals surface area contributed by atoms with Gasteiger partial charge in [0.15, 0.2) is 0 Å². The zero-order valence-electron chi connectivity index (χ0n) is 11.0. The van der Waals surface area contributed by atoms with E-state index in [4.69, 9.17) is 16.3 Å². The summed E-state index contributed by atoms with van der Waals surface area (Å²) in [6.07, 6.45) is 4.83. The summed E-state index contributed by atoms with van der Waals surface area (Å²) in [4.78, 5) is 0. The van der Waals surface area contributed by atoms with Gasteiger partial charge in [0.25, 0.3) is 0 Å². The molecule has 0 saturated heterocycles. The van der Waals surface area contributed by atoms with E-state index in [0.717, 1.165) is 24.6 Å². The van der Waals surface area contributed by atoms with Crippen LogP contribution in [0.1, 0.15) is 37.2 Å². The first-order chi connectivity index (χ1) is 8.79. The van der Waals surface area contributed by atoms with E-state index in [1.54, 1.807) is 7.11 Å². The topological polar surface area (TPSA) is 21.3 Å². The van der Waals surface area contributed by atoms with Gasteiger partial charge in [-0.05, 0) is 55.8 Å². The van der Waals surface area contributed by atoms with Crippen LogP contribution in [-0.4, -0.2) is 26.3 Å². The van der Waals surface area contributed by atoms with Gasteiger partial charge in [-0.3, -0.25) is 0 Å². The van der Waals surface area contributed by atoms with E-state index in [2.05, 4.69) is 17.4 Å². The van der Waals surface area contributed by atoms with Crippen molar-refractivity contribution in [2.24, 2.45) is 0 Å². The molecule has 0 amide bonds. The quantitative estimate of drug-likeness (QED) is 0.762. The molecule has 0 spiro atoms. The number of rotatable bonds is 7. The predicted molar refractivity (Wildman–Crippen MR) is 76.3 cm³/mol. The fraction of sp³-hybridized carbons (Fsp3) is 0.600. The number of unbranched alkanes of at least 4 members (excludes halogenated alkanes) is 1. The molecule has 2 rings (SSSR count). The first-order valence-corrected chi connectivity index (χ1v) is 7.15. The van der Waals surface area contributed by atoms with Crippen LogP contribution in [0.3, 0.4) is 0 Å². The van der Waals surface area contributed by atoms with E-state index in [1.165, 1.54) is 24.8 Å². The maximum Gasteiger partial charge on any atom is 0.0462 e. The Morgan fingerprint density at radius 1 is 1.33 bits per heavy atom. The van der Waals surface area contributed by atoms with Crippen LogP contribution in [0.5, 0.6) is 0 Å². The highest BCUT2D eigenvalue weighted by Crippen LogP contribution is 2.37. The van der Waals surface area contributed by atoms with Gasteiger partial charge in [0.1, 0.15) is 0 Å². The Morgan fingerprint density at radius 2 is 2.17 bits per heavy atom. The van der Waals surface area contributed by atoms with Crippen LogP contribution in [-0.2, 0) is 4.74 Å². The van der Waals surface area contributed by atoms with Gasteiger partial charge in [0, 0.05) is 24.8 Å². The minimum absolute atomic E-state index is 0.691. The minimum Gasteiger partial charge on any atom is -0.385 e. The molecule has 0 atom stereocenters. The largest absolute Gasteiger partial charge is 0.385 e. The van der Waals surface area contributed by atoms with Crippen LogP contribution >= 0.6 is 11.6 Å². The molecule has 0 radical (unpaired) electrons. The van der Waals surface area contributed by atoms with Gasteiger partial charge >= 0.3 is 0 Å². The Bertz CT molecular complexity index is 363. The van der Waals surface area contributed by atoms with E-state index in [9.17, 15) is 0 Å². The average Bonchev–Trinajstić information content (AvgIpc) is 2.31. The smallest absolute Gasteiger partial charge is 0.0462 e. The number of hydrogen-bond donors (Lipinski definition) is 1. The predicted octanol–water partition coefficient (Wildman–Crippen LogP) is 3.60. The van der Waals surface area contributed by atoms with Gasteiger partial charge < -0.3 is 10.1 Å². The van der Waals surface area contributed by atoms with E-state index in [-0.39, 0.29) is 0 Å². The third-order valence-corrected chi connectivity index (χ3v) is 3.90. The summed E-state index contributed by atoms with van der Waals surface area (Å²) in [6, 6.07) is 8.96. The van der Waals surface area contributed by atoms with Gasteiger partial charge in [-0.1, -0.05) is 23.7 Å². The molecular formula is C15H22ClNO. The lowest BCUT2D eigenvalue weighted by atomic mass is 9.76. The van der Waals surface area contributed by atoms with Crippen LogP contribution in [0.15, 0.2) is 24.3 Å². The average molecular weight is 268 g/mol. The van der Waals surface area contributed by atoms with Gasteiger partial charge in [-0.15, -0.1) is 0 Å². The van der Waals surface area contributed by atoms with Gasteiger partial charge in [-0.25, -0.2) is 0 Å². The summed E-state index contributed by atoms with van der Waals surface area (Å²) in [6.45, 7) is 1.98. The van der Waals surface area contributed by atoms with Crippen LogP contribution in [0.25, 0.3) is 0 Å². The zero-order valence-corrected chi connectivity index (χ0v) is 11.7. The molecule has 1 aliphatic rings. The van der Waals surface area contributed by atoms with Crippen molar-refractivity contribution in [1.29, 1.82) is 0 Å². The highest BCUT2D eigenvalue weighted by molar-refractivity contribution is 6.30. The molecule has 1 aliphatic carbocycles. The van der Waals surface area contributed by atoms with Crippen molar-refractivity contribution >= 4 is 11.6 Å². The van der Waals surface area contributed by atoms with Crippen LogP contribution in [0.2, 0.25) is 5.02 Å². The lowest BCUT2D eigenvalue weighted by Gasteiger charge is -2.36. The van der Waals surface area contributed by atoms with Crippen molar-refractivity contribution in [2.75, 3.05) is 20.3 Å². The molecule has 1 aromatic carbocycles. The number of hydrogen-bond acceptors (Lipinski definition) is 2. The first-order valence-electron chi connectivity index (χ1n) is 6.77. The van der Waals surface area contributed by atoms with E-state index < -0.39 is 0 Å². The number of methoxy groups -OCH3 is 1. The second-order valence-electron chi connectivity index (χ2n) is 5.07. The monoisotopic (exact) mass is 267 g/mol. The first kappa shape index (κ1) is 13.9. The fourth-order valence-electron chi connectivity index (χ4n) is 2.49. The zero-order chi connectivity index (χ0) is 12.8. The molecule has 3 heteroatoms. The van der Waals surface area contributed by atoms with E-state index >= 15 is 0 Å². The number of benzene rings is 1. The molecule has 0 bridgehead atoms. The molecule has 100 valence electrons. The highest BCUT2D eigenvalue weighted by atomic mass is 35.5. The summed E-state index contributed by atoms with van der Waals surface area (Å²) in [5.41, 5.74) is 1.39. The highest BCUT2D eigenvalue weighted by Gasteiger charge is 2.29. The number of halogens is 1. The summed E-state index contributed by atoms with van der Waals surface area (Å²) in [5.74, 6) is 0.695. The lowest BCUT2D eigenvalue weighted by Crippen LogP contribution is -2.40. The molecule has 1 aromatic rings. The Hall–Kier alpha value is -0.570. The lowest BCUT2D eigenvalue weighted by molar-refractivity contribution is 0.191. The second kappa shape index (κ2) is 7.13. The third kappa shape index (κ3) is 3.98. The molecule has 0 heterocycles. The molecule has 1 fully saturated rings. The summed E-state index contributed by atoms with van der Waals surface area (Å²) >= 11 is 6.01. The standard InChI is InChI=1S/C15H22ClNO/c1-18-8-3-2-7-17-15-10-13(11-15)12-5-4-6-14(16)9-12/h4-6,9,13,15,17H,2-3,7-8,10-11H2,1H3. The Balaban J connectivity index is 1.62. The molecule has 0 aliphatic heterocycles. The Morgan fingerprint density at radius 3 is 2.89 bits per heavy atom. The van der Waals surface area contributed by atoms with Crippen molar-refractivity contribution in [3.05, 3.63) is 34.9 Å². The van der Waals surface area contributed by atoms with Crippen molar-refractivity contribution < 1.29 is 4.74 Å². The maximum absolute atomic E-state index is 6.01. The number of nitrogens with one attached hydrogen (secondary N) is 1. The summed E-state index contributed by atoms with van der Waals surface area (Å²) < 4.78 is 5.04. The molecule has 1 saturated carbocycles. The van der Waals surface area contributed by atoms with Crippen molar-refractivity contribution in [3.63, 3.8) is 0 Å². The normalized spacial score (nSPS) is 22.8. The molecule has 0 unspecified atom stereocenters. The Labute approximate surface area is 115 Å². The molecule has 2 nitrogen and oxygen atoms in total. The molecule has 1 N–H and O–H groups in total. The summed E-state index contributed by atoms with van der Waals surface area (Å²) in [7, 11) is 1.76. The molecule has 0 aromatic heterocycles. The van der Waals surface area contributed by atoms with Gasteiger partial charge in [0.05, 0.1) is 0 Å². The SMILES string of the molecule is COCCCCNC1CC(c2cccc(Cl)c2)C1. The summed E-state index contributed by atoms with van der Waals surface area (Å²) in [5, 5.41) is 4.45. The van der Waals surface area contributed by atoms with Crippen molar-refractivity contribution in [3.8, 4) is 0 Å². The van der Waals surface area contributed by atoms with Crippen LogP contribution in [0, 0.1) is 0 Å². The van der Waals surface area contributed by atoms with Crippen molar-refractivity contribution in [2.45, 2.75) is 37.6 Å². The van der Waals surface area contributed by atoms with Gasteiger partial charge in [-0.2, -0.15) is 0 Å². The second-order valence-corrected chi connectivity index (χ2v) is 5.51. The van der Waals surface area contributed by atoms with Crippen LogP contribution < -0.4 is 5.32 Å². The minimum atomic E-state index is 0.691. The number of ether oxygens (including phenoxy) is 1. The van der Waals surface area contributed by atoms with Gasteiger partial charge in [0.2, 0.25) is 0 Å². The fourth-order valence-corrected chi connectivity index (χ4v) is 2.69. The maximum atomic E-state index is 6.01. The van der Waals surface area contributed by atoms with Crippen molar-refractivity contribution in [1.82, 2.24) is 5.32 Å². The molecular weight excluding hydrogens is 246 g/mol. The van der Waals surface area contributed by atoms with Crippen LogP contribution in [0.4, 0.5) is 0 Å².